The van der Waals surface area contributed by atoms with E-state index < -0.39 is 29.4 Å². The Hall–Kier alpha value is -4.32. The van der Waals surface area contributed by atoms with E-state index in [-0.39, 0.29) is 51.3 Å². The number of benzene rings is 3. The highest BCUT2D eigenvalue weighted by molar-refractivity contribution is 7.12. The second-order valence-electron chi connectivity index (χ2n) is 8.42. The SMILES string of the molecule is Cc1ccc(C(=O)Nc2ccsc2OC(=O)NCCO)cc1C(=O)c1ccc(Nc2ccc(F)cc2F)cc1Cl. The third-order valence-corrected chi connectivity index (χ3v) is 6.71. The molecule has 0 atom stereocenters. The highest BCUT2D eigenvalue weighted by atomic mass is 35.5. The highest BCUT2D eigenvalue weighted by Crippen LogP contribution is 2.32. The number of carbonyl (C=O) groups excluding carboxylic acids is 3. The fraction of sp³-hybridized carbons (Fsp3) is 0.107. The average molecular weight is 586 g/mol. The second kappa shape index (κ2) is 12.7. The van der Waals surface area contributed by atoms with Gasteiger partial charge < -0.3 is 25.8 Å². The van der Waals surface area contributed by atoms with Crippen LogP contribution in [0.25, 0.3) is 0 Å². The van der Waals surface area contributed by atoms with Crippen molar-refractivity contribution < 1.29 is 33.0 Å². The van der Waals surface area contributed by atoms with Crippen LogP contribution in [-0.4, -0.2) is 36.0 Å². The molecular formula is C28H22ClF2N3O5S. The minimum Gasteiger partial charge on any atom is -0.397 e. The number of aliphatic hydroxyl groups excluding tert-OH is 1. The predicted octanol–water partition coefficient (Wildman–Crippen LogP) is 6.30. The van der Waals surface area contributed by atoms with Crippen LogP contribution < -0.4 is 20.7 Å². The summed E-state index contributed by atoms with van der Waals surface area (Å²) in [5.41, 5.74) is 1.86. The minimum absolute atomic E-state index is 0.0160. The Balaban J connectivity index is 1.51. The van der Waals surface area contributed by atoms with E-state index in [4.69, 9.17) is 21.4 Å². The van der Waals surface area contributed by atoms with E-state index in [2.05, 4.69) is 16.0 Å². The largest absolute Gasteiger partial charge is 0.413 e. The van der Waals surface area contributed by atoms with Crippen LogP contribution in [0, 0.1) is 18.6 Å². The molecule has 206 valence electrons. The highest BCUT2D eigenvalue weighted by Gasteiger charge is 2.20. The van der Waals surface area contributed by atoms with Gasteiger partial charge in [-0.25, -0.2) is 13.6 Å². The first-order valence-electron chi connectivity index (χ1n) is 11.8. The summed E-state index contributed by atoms with van der Waals surface area (Å²) in [7, 11) is 0. The van der Waals surface area contributed by atoms with E-state index in [0.29, 0.717) is 11.3 Å². The summed E-state index contributed by atoms with van der Waals surface area (Å²) in [5.74, 6) is -2.47. The molecule has 4 aromatic rings. The summed E-state index contributed by atoms with van der Waals surface area (Å²) >= 11 is 7.48. The number of ketones is 1. The molecule has 0 bridgehead atoms. The van der Waals surface area contributed by atoms with Crippen LogP contribution in [-0.2, 0) is 0 Å². The van der Waals surface area contributed by atoms with Crippen LogP contribution in [0.3, 0.4) is 0 Å². The fourth-order valence-corrected chi connectivity index (χ4v) is 4.58. The summed E-state index contributed by atoms with van der Waals surface area (Å²) in [6.45, 7) is 1.48. The first kappa shape index (κ1) is 28.7. The van der Waals surface area contributed by atoms with Crippen LogP contribution >= 0.6 is 22.9 Å². The number of aliphatic hydroxyl groups is 1. The molecule has 0 fully saturated rings. The zero-order valence-corrected chi connectivity index (χ0v) is 22.5. The number of thiophene rings is 1. The molecule has 12 heteroatoms. The number of carbonyl (C=O) groups is 3. The van der Waals surface area contributed by atoms with Gasteiger partial charge in [0, 0.05) is 35.0 Å². The Kier molecular flexibility index (Phi) is 9.10. The molecule has 0 aliphatic carbocycles. The van der Waals surface area contributed by atoms with Crippen LogP contribution in [0.4, 0.5) is 30.6 Å². The number of rotatable bonds is 9. The molecule has 2 amide bonds. The molecule has 3 aromatic carbocycles. The van der Waals surface area contributed by atoms with Gasteiger partial charge in [0.1, 0.15) is 11.6 Å². The molecule has 4 N–H and O–H groups in total. The Morgan fingerprint density at radius 1 is 0.975 bits per heavy atom. The normalized spacial score (nSPS) is 10.6. The van der Waals surface area contributed by atoms with E-state index in [9.17, 15) is 23.2 Å². The third-order valence-electron chi connectivity index (χ3n) is 5.61. The van der Waals surface area contributed by atoms with Crippen molar-refractivity contribution in [3.05, 3.63) is 105 Å². The fourth-order valence-electron chi connectivity index (χ4n) is 3.62. The van der Waals surface area contributed by atoms with Crippen LogP contribution in [0.2, 0.25) is 5.02 Å². The van der Waals surface area contributed by atoms with E-state index >= 15 is 0 Å². The summed E-state index contributed by atoms with van der Waals surface area (Å²) in [6, 6.07) is 13.7. The number of nitrogens with one attached hydrogen (secondary N) is 3. The van der Waals surface area contributed by atoms with Gasteiger partial charge >= 0.3 is 6.09 Å². The van der Waals surface area contributed by atoms with Crippen molar-refractivity contribution in [3.8, 4) is 5.06 Å². The maximum atomic E-state index is 14.0. The lowest BCUT2D eigenvalue weighted by Crippen LogP contribution is -2.29. The van der Waals surface area contributed by atoms with Crippen molar-refractivity contribution in [3.63, 3.8) is 0 Å². The molecular weight excluding hydrogens is 564 g/mol. The standard InChI is InChI=1S/C28H22ClF2N3O5S/c1-15-2-3-16(26(37)34-24-8-11-40-27(24)39-28(38)32-9-10-35)12-20(15)25(36)19-6-5-18(14-21(19)29)33-23-7-4-17(30)13-22(23)31/h2-8,11-14,33,35H,9-10H2,1H3,(H,32,38)(H,34,37). The Morgan fingerprint density at radius 3 is 2.50 bits per heavy atom. The average Bonchev–Trinajstić information content (AvgIpc) is 3.35. The zero-order chi connectivity index (χ0) is 28.8. The molecule has 1 heterocycles. The topological polar surface area (TPSA) is 117 Å². The van der Waals surface area contributed by atoms with Gasteiger partial charge in [0.25, 0.3) is 5.91 Å². The summed E-state index contributed by atoms with van der Waals surface area (Å²) in [6.07, 6.45) is -0.781. The van der Waals surface area contributed by atoms with Crippen LogP contribution in [0.1, 0.15) is 31.8 Å². The van der Waals surface area contributed by atoms with E-state index in [1.807, 2.05) is 0 Å². The van der Waals surface area contributed by atoms with Crippen molar-refractivity contribution >= 4 is 57.8 Å². The van der Waals surface area contributed by atoms with Gasteiger partial charge in [0.05, 0.1) is 23.0 Å². The molecule has 0 unspecified atom stereocenters. The number of hydrogen-bond donors (Lipinski definition) is 4. The monoisotopic (exact) mass is 585 g/mol. The van der Waals surface area contributed by atoms with Crippen molar-refractivity contribution in [2.45, 2.75) is 6.92 Å². The molecule has 0 saturated heterocycles. The molecule has 0 spiro atoms. The van der Waals surface area contributed by atoms with Gasteiger partial charge in [-0.05, 0) is 66.4 Å². The summed E-state index contributed by atoms with van der Waals surface area (Å²) in [4.78, 5) is 38.2. The third kappa shape index (κ3) is 6.81. The Bertz CT molecular complexity index is 1590. The number of aryl methyl sites for hydroxylation is 1. The first-order valence-corrected chi connectivity index (χ1v) is 13.0. The number of hydrogen-bond acceptors (Lipinski definition) is 7. The van der Waals surface area contributed by atoms with Crippen LogP contribution in [0.5, 0.6) is 5.06 Å². The molecule has 0 radical (unpaired) electrons. The van der Waals surface area contributed by atoms with Crippen LogP contribution in [0.15, 0.2) is 66.0 Å². The first-order chi connectivity index (χ1) is 19.2. The molecule has 0 saturated carbocycles. The zero-order valence-electron chi connectivity index (χ0n) is 20.9. The van der Waals surface area contributed by atoms with Gasteiger partial charge in [-0.15, -0.1) is 11.3 Å². The van der Waals surface area contributed by atoms with E-state index in [1.165, 1.54) is 30.3 Å². The molecule has 40 heavy (non-hydrogen) atoms. The summed E-state index contributed by atoms with van der Waals surface area (Å²) in [5, 5.41) is 18.5. The second-order valence-corrected chi connectivity index (χ2v) is 9.70. The number of halogens is 3. The van der Waals surface area contributed by atoms with Gasteiger partial charge in [0.15, 0.2) is 5.78 Å². The van der Waals surface area contributed by atoms with E-state index in [1.54, 1.807) is 30.5 Å². The van der Waals surface area contributed by atoms with Crippen molar-refractivity contribution in [1.82, 2.24) is 5.32 Å². The Morgan fingerprint density at radius 2 is 1.77 bits per heavy atom. The van der Waals surface area contributed by atoms with E-state index in [0.717, 1.165) is 23.5 Å². The van der Waals surface area contributed by atoms with Gasteiger partial charge in [-0.3, -0.25) is 9.59 Å². The smallest absolute Gasteiger partial charge is 0.397 e. The van der Waals surface area contributed by atoms with Crippen molar-refractivity contribution in [2.75, 3.05) is 23.8 Å². The predicted molar refractivity (Wildman–Crippen MR) is 149 cm³/mol. The van der Waals surface area contributed by atoms with Crippen molar-refractivity contribution in [2.24, 2.45) is 0 Å². The molecule has 8 nitrogen and oxygen atoms in total. The number of amides is 2. The lowest BCUT2D eigenvalue weighted by atomic mass is 9.96. The number of ether oxygens (including phenoxy) is 1. The molecule has 4 rings (SSSR count). The molecule has 0 aliphatic rings. The Labute approximate surface area is 236 Å². The maximum Gasteiger partial charge on any atom is 0.413 e. The van der Waals surface area contributed by atoms with Gasteiger partial charge in [0.2, 0.25) is 5.06 Å². The maximum absolute atomic E-state index is 14.0. The van der Waals surface area contributed by atoms with Crippen molar-refractivity contribution in [1.29, 1.82) is 0 Å². The van der Waals surface area contributed by atoms with Gasteiger partial charge in [-0.2, -0.15) is 0 Å². The lowest BCUT2D eigenvalue weighted by Gasteiger charge is -2.12. The molecule has 1 aromatic heterocycles. The quantitative estimate of drug-likeness (QED) is 0.171. The molecule has 0 aliphatic heterocycles. The van der Waals surface area contributed by atoms with Gasteiger partial charge in [-0.1, -0.05) is 17.7 Å². The lowest BCUT2D eigenvalue weighted by molar-refractivity contribution is 0.102. The summed E-state index contributed by atoms with van der Waals surface area (Å²) < 4.78 is 32.3. The number of anilines is 3. The minimum atomic E-state index is -0.784.